The highest BCUT2D eigenvalue weighted by Gasteiger charge is 2.26. The average molecular weight is 250 g/mol. The van der Waals surface area contributed by atoms with Crippen molar-refractivity contribution in [3.8, 4) is 0 Å². The maximum atomic E-state index is 12.1. The van der Waals surface area contributed by atoms with Crippen LogP contribution in [0.5, 0.6) is 0 Å². The molecule has 0 bridgehead atoms. The van der Waals surface area contributed by atoms with E-state index in [1.807, 2.05) is 4.72 Å². The van der Waals surface area contributed by atoms with Gasteiger partial charge in [-0.2, -0.15) is 8.78 Å². The van der Waals surface area contributed by atoms with Crippen molar-refractivity contribution in [2.24, 2.45) is 0 Å². The Bertz CT molecular complexity index is 462. The van der Waals surface area contributed by atoms with Gasteiger partial charge in [0.1, 0.15) is 0 Å². The topological polar surface area (TPSA) is 72.2 Å². The highest BCUT2D eigenvalue weighted by atomic mass is 32.2. The molecule has 0 aliphatic carbocycles. The van der Waals surface area contributed by atoms with Gasteiger partial charge in [0, 0.05) is 11.7 Å². The number of anilines is 1. The van der Waals surface area contributed by atoms with Gasteiger partial charge in [-0.3, -0.25) is 0 Å². The van der Waals surface area contributed by atoms with Crippen LogP contribution in [-0.4, -0.2) is 14.2 Å². The molecule has 1 unspecified atom stereocenters. The third-order valence-electron chi connectivity index (χ3n) is 1.99. The fourth-order valence-electron chi connectivity index (χ4n) is 1.19. The van der Waals surface area contributed by atoms with Crippen molar-refractivity contribution in [2.45, 2.75) is 18.7 Å². The number of halogens is 2. The van der Waals surface area contributed by atoms with Crippen molar-refractivity contribution in [1.82, 2.24) is 4.72 Å². The second-order valence-corrected chi connectivity index (χ2v) is 5.00. The molecule has 1 aromatic rings. The average Bonchev–Trinajstić information content (AvgIpc) is 2.16. The van der Waals surface area contributed by atoms with E-state index in [1.54, 1.807) is 18.2 Å². The molecule has 1 aromatic carbocycles. The Morgan fingerprint density at radius 1 is 1.38 bits per heavy atom. The second kappa shape index (κ2) is 4.75. The maximum Gasteiger partial charge on any atom is 0.350 e. The molecule has 0 saturated carbocycles. The summed E-state index contributed by atoms with van der Waals surface area (Å²) in [5.74, 6) is -3.43. The van der Waals surface area contributed by atoms with Gasteiger partial charge in [-0.1, -0.05) is 12.1 Å². The quantitative estimate of drug-likeness (QED) is 0.795. The molecular formula is C9H12F2N2O2S. The molecule has 0 aliphatic heterocycles. The zero-order valence-electron chi connectivity index (χ0n) is 8.52. The van der Waals surface area contributed by atoms with Crippen molar-refractivity contribution in [1.29, 1.82) is 0 Å². The predicted octanol–water partition coefficient (Wildman–Crippen LogP) is 1.47. The van der Waals surface area contributed by atoms with Crippen LogP contribution in [0.4, 0.5) is 14.5 Å². The summed E-state index contributed by atoms with van der Waals surface area (Å²) in [6.45, 7) is 1.47. The molecule has 0 radical (unpaired) electrons. The third-order valence-corrected chi connectivity index (χ3v) is 3.14. The van der Waals surface area contributed by atoms with Gasteiger partial charge < -0.3 is 5.73 Å². The van der Waals surface area contributed by atoms with Crippen LogP contribution in [-0.2, 0) is 10.0 Å². The number of nitrogens with one attached hydrogen (secondary N) is 1. The number of nitrogen functional groups attached to an aromatic ring is 1. The summed E-state index contributed by atoms with van der Waals surface area (Å²) in [7, 11) is -4.58. The minimum absolute atomic E-state index is 0.445. The first-order valence-corrected chi connectivity index (χ1v) is 6.02. The minimum Gasteiger partial charge on any atom is -0.399 e. The molecule has 0 spiro atoms. The van der Waals surface area contributed by atoms with E-state index in [1.165, 1.54) is 13.0 Å². The Morgan fingerprint density at radius 3 is 2.50 bits per heavy atom. The third kappa shape index (κ3) is 3.14. The molecule has 0 aliphatic rings. The first kappa shape index (κ1) is 12.9. The number of hydrogen-bond acceptors (Lipinski definition) is 3. The van der Waals surface area contributed by atoms with Crippen LogP contribution in [0.1, 0.15) is 18.5 Å². The van der Waals surface area contributed by atoms with Crippen LogP contribution in [0, 0.1) is 0 Å². The smallest absolute Gasteiger partial charge is 0.350 e. The molecule has 1 atom stereocenters. The zero-order valence-corrected chi connectivity index (χ0v) is 9.34. The minimum atomic E-state index is -4.58. The Labute approximate surface area is 92.5 Å². The van der Waals surface area contributed by atoms with E-state index in [4.69, 9.17) is 5.73 Å². The molecule has 7 heteroatoms. The van der Waals surface area contributed by atoms with Gasteiger partial charge in [0.25, 0.3) is 10.0 Å². The van der Waals surface area contributed by atoms with Crippen molar-refractivity contribution in [2.75, 3.05) is 5.73 Å². The molecule has 16 heavy (non-hydrogen) atoms. The molecule has 1 rings (SSSR count). The summed E-state index contributed by atoms with van der Waals surface area (Å²) in [5.41, 5.74) is 6.47. The normalized spacial score (nSPS) is 14.0. The summed E-state index contributed by atoms with van der Waals surface area (Å²) in [6, 6.07) is 5.63. The Balaban J connectivity index is 2.85. The van der Waals surface area contributed by atoms with Gasteiger partial charge in [0.2, 0.25) is 0 Å². The number of rotatable bonds is 4. The lowest BCUT2D eigenvalue weighted by Crippen LogP contribution is -2.31. The summed E-state index contributed by atoms with van der Waals surface area (Å²) in [6.07, 6.45) is 0. The van der Waals surface area contributed by atoms with Crippen LogP contribution < -0.4 is 10.5 Å². The Morgan fingerprint density at radius 2 is 2.00 bits per heavy atom. The summed E-state index contributed by atoms with van der Waals surface area (Å²) in [5, 5.41) is 0. The lowest BCUT2D eigenvalue weighted by molar-refractivity contribution is 0.231. The van der Waals surface area contributed by atoms with Crippen LogP contribution >= 0.6 is 0 Å². The van der Waals surface area contributed by atoms with Gasteiger partial charge in [0.05, 0.1) is 0 Å². The van der Waals surface area contributed by atoms with Gasteiger partial charge >= 0.3 is 5.76 Å². The molecule has 0 heterocycles. The number of nitrogens with two attached hydrogens (primary N) is 1. The highest BCUT2D eigenvalue weighted by Crippen LogP contribution is 2.17. The Kier molecular flexibility index (Phi) is 3.82. The van der Waals surface area contributed by atoms with E-state index in [2.05, 4.69) is 0 Å². The number of hydrogen-bond donors (Lipinski definition) is 2. The number of benzene rings is 1. The molecule has 0 aromatic heterocycles. The molecule has 3 N–H and O–H groups in total. The van der Waals surface area contributed by atoms with Crippen LogP contribution in [0.15, 0.2) is 24.3 Å². The summed E-state index contributed by atoms with van der Waals surface area (Å²) in [4.78, 5) is 0. The predicted molar refractivity (Wildman–Crippen MR) is 57.3 cm³/mol. The molecular weight excluding hydrogens is 238 g/mol. The SMILES string of the molecule is CC(NS(=O)(=O)C(F)F)c1cccc(N)c1. The first-order valence-electron chi connectivity index (χ1n) is 4.47. The van der Waals surface area contributed by atoms with Crippen molar-refractivity contribution >= 4 is 15.7 Å². The summed E-state index contributed by atoms with van der Waals surface area (Å²) >= 11 is 0. The van der Waals surface area contributed by atoms with Gasteiger partial charge in [-0.05, 0) is 24.6 Å². The van der Waals surface area contributed by atoms with E-state index in [-0.39, 0.29) is 0 Å². The molecule has 0 fully saturated rings. The van der Waals surface area contributed by atoms with Crippen molar-refractivity contribution in [3.63, 3.8) is 0 Å². The number of sulfonamides is 1. The van der Waals surface area contributed by atoms with Crippen LogP contribution in [0.3, 0.4) is 0 Å². The zero-order chi connectivity index (χ0) is 12.3. The summed E-state index contributed by atoms with van der Waals surface area (Å²) < 4.78 is 47.9. The van der Waals surface area contributed by atoms with Crippen molar-refractivity contribution in [3.05, 3.63) is 29.8 Å². The lowest BCUT2D eigenvalue weighted by atomic mass is 10.1. The van der Waals surface area contributed by atoms with Gasteiger partial charge in [0.15, 0.2) is 0 Å². The van der Waals surface area contributed by atoms with E-state index >= 15 is 0 Å². The highest BCUT2D eigenvalue weighted by molar-refractivity contribution is 7.89. The van der Waals surface area contributed by atoms with Crippen LogP contribution in [0.25, 0.3) is 0 Å². The fourth-order valence-corrected chi connectivity index (χ4v) is 1.93. The monoisotopic (exact) mass is 250 g/mol. The van der Waals surface area contributed by atoms with E-state index in [9.17, 15) is 17.2 Å². The fraction of sp³-hybridized carbons (Fsp3) is 0.333. The molecule has 0 saturated heterocycles. The molecule has 4 nitrogen and oxygen atoms in total. The lowest BCUT2D eigenvalue weighted by Gasteiger charge is -2.14. The molecule has 0 amide bonds. The number of alkyl halides is 2. The van der Waals surface area contributed by atoms with Crippen LogP contribution in [0.2, 0.25) is 0 Å². The Hall–Kier alpha value is -1.21. The maximum absolute atomic E-state index is 12.1. The standard InChI is InChI=1S/C9H12F2N2O2S/c1-6(13-16(14,15)9(10)11)7-3-2-4-8(12)5-7/h2-6,9,13H,12H2,1H3. The van der Waals surface area contributed by atoms with Gasteiger partial charge in [-0.15, -0.1) is 0 Å². The van der Waals surface area contributed by atoms with E-state index in [0.29, 0.717) is 11.3 Å². The largest absolute Gasteiger partial charge is 0.399 e. The van der Waals surface area contributed by atoms with E-state index in [0.717, 1.165) is 0 Å². The van der Waals surface area contributed by atoms with Crippen molar-refractivity contribution < 1.29 is 17.2 Å². The molecule has 90 valence electrons. The van der Waals surface area contributed by atoms with Gasteiger partial charge in [-0.25, -0.2) is 13.1 Å². The second-order valence-electron chi connectivity index (χ2n) is 3.32. The first-order chi connectivity index (χ1) is 7.33. The van der Waals surface area contributed by atoms with E-state index < -0.39 is 21.8 Å².